The number of nitrogens with one attached hydrogen (secondary N) is 1. The summed E-state index contributed by atoms with van der Waals surface area (Å²) in [4.78, 5) is 3.60. The van der Waals surface area contributed by atoms with Crippen molar-refractivity contribution < 1.29 is 13.2 Å². The number of aromatic nitrogens is 1. The lowest BCUT2D eigenvalue weighted by Crippen LogP contribution is -2.33. The number of nitriles is 1. The number of hydrogen-bond acceptors (Lipinski definition) is 3. The van der Waals surface area contributed by atoms with Crippen LogP contribution in [0.2, 0.25) is 0 Å². The van der Waals surface area contributed by atoms with Crippen molar-refractivity contribution in [2.75, 3.05) is 5.32 Å². The standard InChI is InChI=1S/C15H18F3N3/c1-9-3-5-12(10(2)7-9)20-14-11(8-19)4-6-13(21-14)15(16,17)18/h4,6,9-10,12H,3,5,7H2,1-2H3,(H,20,21). The Morgan fingerprint density at radius 3 is 2.57 bits per heavy atom. The number of halogens is 3. The first-order valence-corrected chi connectivity index (χ1v) is 7.06. The zero-order chi connectivity index (χ0) is 15.6. The minimum Gasteiger partial charge on any atom is -0.366 e. The quantitative estimate of drug-likeness (QED) is 0.889. The zero-order valence-electron chi connectivity index (χ0n) is 12.0. The van der Waals surface area contributed by atoms with Crippen LogP contribution in [0.5, 0.6) is 0 Å². The second-order valence-corrected chi connectivity index (χ2v) is 5.85. The van der Waals surface area contributed by atoms with Crippen molar-refractivity contribution in [2.24, 2.45) is 11.8 Å². The molecule has 0 radical (unpaired) electrons. The van der Waals surface area contributed by atoms with Gasteiger partial charge < -0.3 is 5.32 Å². The van der Waals surface area contributed by atoms with Crippen molar-refractivity contribution in [3.63, 3.8) is 0 Å². The molecule has 1 fully saturated rings. The lowest BCUT2D eigenvalue weighted by molar-refractivity contribution is -0.141. The lowest BCUT2D eigenvalue weighted by Gasteiger charge is -2.33. The molecule has 0 spiro atoms. The summed E-state index contributed by atoms with van der Waals surface area (Å²) in [5, 5.41) is 12.1. The van der Waals surface area contributed by atoms with Gasteiger partial charge in [0.1, 0.15) is 17.6 Å². The summed E-state index contributed by atoms with van der Waals surface area (Å²) in [6, 6.07) is 3.97. The average molecular weight is 297 g/mol. The highest BCUT2D eigenvalue weighted by Crippen LogP contribution is 2.33. The molecule has 0 aliphatic heterocycles. The van der Waals surface area contributed by atoms with Crippen LogP contribution in [0.3, 0.4) is 0 Å². The fourth-order valence-electron chi connectivity index (χ4n) is 2.87. The molecule has 0 aromatic carbocycles. The average Bonchev–Trinajstić information content (AvgIpc) is 2.41. The summed E-state index contributed by atoms with van der Waals surface area (Å²) < 4.78 is 38.2. The molecule has 0 amide bonds. The Morgan fingerprint density at radius 1 is 1.29 bits per heavy atom. The summed E-state index contributed by atoms with van der Waals surface area (Å²) in [5.41, 5.74) is -0.824. The van der Waals surface area contributed by atoms with Crippen LogP contribution in [0.1, 0.15) is 44.4 Å². The van der Waals surface area contributed by atoms with Gasteiger partial charge in [0.15, 0.2) is 0 Å². The molecular formula is C15H18F3N3. The molecule has 1 aliphatic rings. The molecule has 3 nitrogen and oxygen atoms in total. The predicted octanol–water partition coefficient (Wildman–Crippen LogP) is 4.21. The first kappa shape index (κ1) is 15.6. The number of hydrogen-bond donors (Lipinski definition) is 1. The van der Waals surface area contributed by atoms with Crippen molar-refractivity contribution in [1.82, 2.24) is 4.98 Å². The molecule has 0 saturated heterocycles. The van der Waals surface area contributed by atoms with Gasteiger partial charge in [0, 0.05) is 6.04 Å². The Kier molecular flexibility index (Phi) is 4.40. The third-order valence-corrected chi connectivity index (χ3v) is 4.06. The smallest absolute Gasteiger partial charge is 0.366 e. The van der Waals surface area contributed by atoms with E-state index in [9.17, 15) is 13.2 Å². The maximum absolute atomic E-state index is 12.7. The van der Waals surface area contributed by atoms with Crippen LogP contribution < -0.4 is 5.32 Å². The fraction of sp³-hybridized carbons (Fsp3) is 0.600. The highest BCUT2D eigenvalue weighted by molar-refractivity contribution is 5.53. The molecule has 1 aromatic rings. The van der Waals surface area contributed by atoms with E-state index >= 15 is 0 Å². The van der Waals surface area contributed by atoms with Crippen LogP contribution in [0.4, 0.5) is 19.0 Å². The van der Waals surface area contributed by atoms with Gasteiger partial charge in [0.05, 0.1) is 5.56 Å². The molecule has 1 saturated carbocycles. The van der Waals surface area contributed by atoms with Crippen molar-refractivity contribution in [1.29, 1.82) is 5.26 Å². The van der Waals surface area contributed by atoms with Crippen LogP contribution in [-0.2, 0) is 6.18 Å². The number of pyridine rings is 1. The third kappa shape index (κ3) is 3.66. The van der Waals surface area contributed by atoms with Crippen molar-refractivity contribution in [3.8, 4) is 6.07 Å². The lowest BCUT2D eigenvalue weighted by atomic mass is 9.80. The summed E-state index contributed by atoms with van der Waals surface area (Å²) in [5.74, 6) is 1.01. The zero-order valence-corrected chi connectivity index (χ0v) is 12.0. The van der Waals surface area contributed by atoms with Crippen LogP contribution >= 0.6 is 0 Å². The van der Waals surface area contributed by atoms with E-state index in [1.54, 1.807) is 0 Å². The first-order valence-electron chi connectivity index (χ1n) is 7.06. The van der Waals surface area contributed by atoms with Gasteiger partial charge in [0.2, 0.25) is 0 Å². The van der Waals surface area contributed by atoms with Gasteiger partial charge in [-0.3, -0.25) is 0 Å². The number of nitrogens with zero attached hydrogens (tertiary/aromatic N) is 2. The molecular weight excluding hydrogens is 279 g/mol. The molecule has 1 aromatic heterocycles. The Labute approximate surface area is 122 Å². The minimum atomic E-state index is -4.50. The number of anilines is 1. The summed E-state index contributed by atoms with van der Waals surface area (Å²) in [6.45, 7) is 4.25. The van der Waals surface area contributed by atoms with Crippen molar-refractivity contribution >= 4 is 5.82 Å². The third-order valence-electron chi connectivity index (χ3n) is 4.06. The molecule has 1 heterocycles. The van der Waals surface area contributed by atoms with E-state index in [2.05, 4.69) is 24.1 Å². The second kappa shape index (κ2) is 5.92. The molecule has 6 heteroatoms. The van der Waals surface area contributed by atoms with Crippen LogP contribution in [0.15, 0.2) is 12.1 Å². The molecule has 2 rings (SSSR count). The van der Waals surface area contributed by atoms with E-state index in [-0.39, 0.29) is 17.4 Å². The van der Waals surface area contributed by atoms with E-state index in [0.717, 1.165) is 25.3 Å². The predicted molar refractivity (Wildman–Crippen MR) is 73.5 cm³/mol. The minimum absolute atomic E-state index is 0.0405. The molecule has 21 heavy (non-hydrogen) atoms. The van der Waals surface area contributed by atoms with Gasteiger partial charge >= 0.3 is 6.18 Å². The number of alkyl halides is 3. The van der Waals surface area contributed by atoms with Crippen molar-refractivity contribution in [2.45, 2.75) is 45.3 Å². The number of rotatable bonds is 2. The van der Waals surface area contributed by atoms with Crippen LogP contribution in [0.25, 0.3) is 0 Å². The molecule has 114 valence electrons. The monoisotopic (exact) mass is 297 g/mol. The second-order valence-electron chi connectivity index (χ2n) is 5.85. The van der Waals surface area contributed by atoms with Gasteiger partial charge in [-0.05, 0) is 43.2 Å². The van der Waals surface area contributed by atoms with E-state index in [4.69, 9.17) is 5.26 Å². The van der Waals surface area contributed by atoms with Gasteiger partial charge in [-0.25, -0.2) is 4.98 Å². The maximum atomic E-state index is 12.7. The summed E-state index contributed by atoms with van der Waals surface area (Å²) in [7, 11) is 0. The van der Waals surface area contributed by atoms with Gasteiger partial charge in [-0.15, -0.1) is 0 Å². The summed E-state index contributed by atoms with van der Waals surface area (Å²) in [6.07, 6.45) is -1.57. The van der Waals surface area contributed by atoms with Gasteiger partial charge in [0.25, 0.3) is 0 Å². The Balaban J connectivity index is 2.24. The summed E-state index contributed by atoms with van der Waals surface area (Å²) >= 11 is 0. The van der Waals surface area contributed by atoms with E-state index in [0.29, 0.717) is 11.8 Å². The van der Waals surface area contributed by atoms with Crippen LogP contribution in [-0.4, -0.2) is 11.0 Å². The first-order chi connectivity index (χ1) is 9.81. The Hall–Kier alpha value is -1.77. The Bertz CT molecular complexity index is 548. The highest BCUT2D eigenvalue weighted by atomic mass is 19.4. The molecule has 1 N–H and O–H groups in total. The topological polar surface area (TPSA) is 48.7 Å². The highest BCUT2D eigenvalue weighted by Gasteiger charge is 2.34. The largest absolute Gasteiger partial charge is 0.433 e. The van der Waals surface area contributed by atoms with Crippen molar-refractivity contribution in [3.05, 3.63) is 23.4 Å². The van der Waals surface area contributed by atoms with Gasteiger partial charge in [-0.1, -0.05) is 13.8 Å². The molecule has 3 atom stereocenters. The molecule has 0 bridgehead atoms. The molecule has 1 aliphatic carbocycles. The van der Waals surface area contributed by atoms with E-state index in [1.165, 1.54) is 6.07 Å². The molecule has 3 unspecified atom stereocenters. The van der Waals surface area contributed by atoms with Crippen LogP contribution in [0, 0.1) is 23.2 Å². The SMILES string of the molecule is CC1CCC(Nc2nc(C(F)(F)F)ccc2C#N)C(C)C1. The fourth-order valence-corrected chi connectivity index (χ4v) is 2.87. The Morgan fingerprint density at radius 2 is 2.00 bits per heavy atom. The van der Waals surface area contributed by atoms with E-state index in [1.807, 2.05) is 6.07 Å². The van der Waals surface area contributed by atoms with E-state index < -0.39 is 11.9 Å². The normalized spacial score (nSPS) is 26.2. The maximum Gasteiger partial charge on any atom is 0.433 e. The van der Waals surface area contributed by atoms with Gasteiger partial charge in [-0.2, -0.15) is 18.4 Å².